The first-order chi connectivity index (χ1) is 13.5. The molecule has 0 unspecified atom stereocenters. The predicted octanol–water partition coefficient (Wildman–Crippen LogP) is -1.52. The first kappa shape index (κ1) is 19.0. The fourth-order valence-electron chi connectivity index (χ4n) is 3.75. The first-order valence-corrected chi connectivity index (χ1v) is 9.39. The molecule has 2 aliphatic rings. The highest BCUT2D eigenvalue weighted by atomic mass is 16.5. The number of fused-ring (bicyclic) bond motifs is 1. The number of aliphatic hydroxyl groups is 2. The van der Waals surface area contributed by atoms with E-state index in [1.807, 2.05) is 7.05 Å². The van der Waals surface area contributed by atoms with Crippen molar-refractivity contribution in [3.63, 3.8) is 0 Å². The van der Waals surface area contributed by atoms with Crippen LogP contribution in [0.3, 0.4) is 0 Å². The van der Waals surface area contributed by atoms with Gasteiger partial charge in [0, 0.05) is 7.05 Å². The molecule has 28 heavy (non-hydrogen) atoms. The molecular formula is C17H25N7O4. The number of hydrogen-bond acceptors (Lipinski definition) is 9. The minimum Gasteiger partial charge on any atom is -0.388 e. The van der Waals surface area contributed by atoms with Crippen molar-refractivity contribution in [2.75, 3.05) is 11.9 Å². The molecule has 6 atom stereocenters. The van der Waals surface area contributed by atoms with E-state index in [2.05, 4.69) is 30.9 Å². The maximum absolute atomic E-state index is 12.4. The van der Waals surface area contributed by atoms with Gasteiger partial charge in [-0.25, -0.2) is 15.0 Å². The van der Waals surface area contributed by atoms with E-state index >= 15 is 0 Å². The number of aryl methyl sites for hydroxylation is 1. The van der Waals surface area contributed by atoms with E-state index in [-0.39, 0.29) is 11.9 Å². The van der Waals surface area contributed by atoms with Crippen molar-refractivity contribution in [2.45, 2.75) is 56.4 Å². The molecule has 2 saturated heterocycles. The van der Waals surface area contributed by atoms with Crippen LogP contribution in [-0.2, 0) is 16.6 Å². The zero-order valence-corrected chi connectivity index (χ0v) is 15.7. The topological polar surface area (TPSA) is 146 Å². The summed E-state index contributed by atoms with van der Waals surface area (Å²) in [6.45, 7) is 2.54. The van der Waals surface area contributed by atoms with Crippen LogP contribution in [0.2, 0.25) is 0 Å². The number of nitrogens with zero attached hydrogens (tertiary/aromatic N) is 4. The van der Waals surface area contributed by atoms with Gasteiger partial charge in [-0.2, -0.15) is 0 Å². The average Bonchev–Trinajstić information content (AvgIpc) is 3.34. The molecule has 2 aromatic rings. The molecule has 0 radical (unpaired) electrons. The number of carbonyl (C=O) groups is 1. The van der Waals surface area contributed by atoms with E-state index in [0.29, 0.717) is 17.0 Å². The molecule has 0 spiro atoms. The molecule has 11 nitrogen and oxygen atoms in total. The van der Waals surface area contributed by atoms with E-state index < -0.39 is 30.6 Å². The van der Waals surface area contributed by atoms with Crippen LogP contribution in [0.15, 0.2) is 12.7 Å². The Morgan fingerprint density at radius 1 is 1.32 bits per heavy atom. The second-order valence-corrected chi connectivity index (χ2v) is 7.32. The Bertz CT molecular complexity index is 853. The maximum atomic E-state index is 12.4. The summed E-state index contributed by atoms with van der Waals surface area (Å²) in [6.07, 6.45) is 0.781. The average molecular weight is 391 g/mol. The number of amides is 1. The molecule has 4 rings (SSSR count). The van der Waals surface area contributed by atoms with Gasteiger partial charge in [0.2, 0.25) is 5.91 Å². The molecule has 0 aromatic carbocycles. The van der Waals surface area contributed by atoms with Crippen molar-refractivity contribution in [1.82, 2.24) is 30.2 Å². The Morgan fingerprint density at radius 2 is 2.14 bits per heavy atom. The van der Waals surface area contributed by atoms with Gasteiger partial charge in [0.25, 0.3) is 0 Å². The van der Waals surface area contributed by atoms with Crippen molar-refractivity contribution in [3.05, 3.63) is 12.7 Å². The third kappa shape index (κ3) is 3.41. The summed E-state index contributed by atoms with van der Waals surface area (Å²) < 4.78 is 7.60. The van der Waals surface area contributed by atoms with Crippen LogP contribution >= 0.6 is 0 Å². The van der Waals surface area contributed by atoms with Crippen LogP contribution in [0.5, 0.6) is 0 Å². The number of anilines is 1. The van der Waals surface area contributed by atoms with Crippen molar-refractivity contribution in [1.29, 1.82) is 0 Å². The monoisotopic (exact) mass is 391 g/mol. The Labute approximate surface area is 161 Å². The number of rotatable bonds is 4. The second-order valence-electron chi connectivity index (χ2n) is 7.32. The molecule has 0 aliphatic carbocycles. The number of ether oxygens (including phenoxy) is 1. The summed E-state index contributed by atoms with van der Waals surface area (Å²) in [5.41, 5.74) is 1.16. The molecule has 4 heterocycles. The number of aromatic nitrogens is 4. The van der Waals surface area contributed by atoms with Gasteiger partial charge < -0.3 is 35.5 Å². The Hall–Kier alpha value is -2.34. The normalized spacial score (nSPS) is 33.1. The molecule has 1 amide bonds. The fraction of sp³-hybridized carbons (Fsp3) is 0.647. The Kier molecular flexibility index (Phi) is 5.15. The lowest BCUT2D eigenvalue weighted by Crippen LogP contribution is -2.65. The van der Waals surface area contributed by atoms with E-state index in [9.17, 15) is 15.0 Å². The molecule has 0 saturated carbocycles. The zero-order chi connectivity index (χ0) is 19.8. The van der Waals surface area contributed by atoms with Crippen molar-refractivity contribution < 1.29 is 19.7 Å². The molecule has 5 N–H and O–H groups in total. The van der Waals surface area contributed by atoms with Gasteiger partial charge >= 0.3 is 0 Å². The molecule has 152 valence electrons. The van der Waals surface area contributed by atoms with Gasteiger partial charge in [0.05, 0.1) is 24.5 Å². The predicted molar refractivity (Wildman–Crippen MR) is 99.2 cm³/mol. The molecule has 11 heteroatoms. The van der Waals surface area contributed by atoms with Crippen molar-refractivity contribution in [3.8, 4) is 0 Å². The lowest BCUT2D eigenvalue weighted by molar-refractivity contribution is -0.173. The van der Waals surface area contributed by atoms with Crippen LogP contribution in [-0.4, -0.2) is 78.8 Å². The molecule has 0 bridgehead atoms. The molecule has 2 aromatic heterocycles. The standard InChI is InChI=1S/C17H25N7O4/c1-8-10(22-16(27)9-4-3-5-18-9)12(25)13(26)17(28-8)23-14-11-15(20-6-19-14)24(2)7-21-11/h6-10,12-13,17-18,25-26H,3-5H2,1-2H3,(H,22,27)(H,19,20,23)/t8-,9+,10-,12+,13-,17-/m0/s1. The summed E-state index contributed by atoms with van der Waals surface area (Å²) >= 11 is 0. The number of aliphatic hydroxyl groups excluding tert-OH is 2. The molecule has 2 fully saturated rings. The summed E-state index contributed by atoms with van der Waals surface area (Å²) in [5.74, 6) is 0.202. The van der Waals surface area contributed by atoms with Crippen LogP contribution in [0, 0.1) is 0 Å². The van der Waals surface area contributed by atoms with E-state index in [1.54, 1.807) is 17.8 Å². The highest BCUT2D eigenvalue weighted by Crippen LogP contribution is 2.25. The van der Waals surface area contributed by atoms with Crippen LogP contribution in [0.4, 0.5) is 5.82 Å². The third-order valence-electron chi connectivity index (χ3n) is 5.36. The van der Waals surface area contributed by atoms with Gasteiger partial charge in [-0.3, -0.25) is 4.79 Å². The smallest absolute Gasteiger partial charge is 0.237 e. The van der Waals surface area contributed by atoms with E-state index in [0.717, 1.165) is 19.4 Å². The van der Waals surface area contributed by atoms with Crippen molar-refractivity contribution in [2.24, 2.45) is 7.05 Å². The largest absolute Gasteiger partial charge is 0.388 e. The quantitative estimate of drug-likeness (QED) is 0.419. The SMILES string of the molecule is C[C@@H]1O[C@H](Nc2ncnc3c2ncn3C)[C@@H](O)[C@H](O)[C@H]1NC(=O)[C@H]1CCCN1. The Balaban J connectivity index is 1.46. The van der Waals surface area contributed by atoms with Crippen LogP contribution < -0.4 is 16.0 Å². The minimum atomic E-state index is -1.27. The second kappa shape index (κ2) is 7.59. The van der Waals surface area contributed by atoms with Gasteiger partial charge in [-0.1, -0.05) is 0 Å². The highest BCUT2D eigenvalue weighted by molar-refractivity contribution is 5.83. The summed E-state index contributed by atoms with van der Waals surface area (Å²) in [6, 6.07) is -0.992. The zero-order valence-electron chi connectivity index (χ0n) is 15.7. The van der Waals surface area contributed by atoms with Gasteiger partial charge in [-0.05, 0) is 26.3 Å². The number of hydrogen-bond donors (Lipinski definition) is 5. The van der Waals surface area contributed by atoms with Gasteiger partial charge in [0.15, 0.2) is 17.7 Å². The number of nitrogens with one attached hydrogen (secondary N) is 3. The maximum Gasteiger partial charge on any atom is 0.237 e. The summed E-state index contributed by atoms with van der Waals surface area (Å²) in [4.78, 5) is 25.0. The lowest BCUT2D eigenvalue weighted by Gasteiger charge is -2.42. The van der Waals surface area contributed by atoms with Gasteiger partial charge in [0.1, 0.15) is 24.1 Å². The summed E-state index contributed by atoms with van der Waals surface area (Å²) in [7, 11) is 1.82. The third-order valence-corrected chi connectivity index (χ3v) is 5.36. The van der Waals surface area contributed by atoms with E-state index in [1.165, 1.54) is 6.33 Å². The highest BCUT2D eigenvalue weighted by Gasteiger charge is 2.44. The van der Waals surface area contributed by atoms with Crippen LogP contribution in [0.25, 0.3) is 11.2 Å². The minimum absolute atomic E-state index is 0.193. The number of carbonyl (C=O) groups excluding carboxylic acids is 1. The Morgan fingerprint density at radius 3 is 2.89 bits per heavy atom. The fourth-order valence-corrected chi connectivity index (χ4v) is 3.75. The first-order valence-electron chi connectivity index (χ1n) is 9.39. The molecular weight excluding hydrogens is 366 g/mol. The van der Waals surface area contributed by atoms with Crippen LogP contribution in [0.1, 0.15) is 19.8 Å². The van der Waals surface area contributed by atoms with Gasteiger partial charge in [-0.15, -0.1) is 0 Å². The van der Waals surface area contributed by atoms with Crippen molar-refractivity contribution >= 4 is 22.9 Å². The van der Waals surface area contributed by atoms with E-state index in [4.69, 9.17) is 4.74 Å². The summed E-state index contributed by atoms with van der Waals surface area (Å²) in [5, 5.41) is 30.1. The number of imidazole rings is 1. The molecule has 2 aliphatic heterocycles. The lowest BCUT2D eigenvalue weighted by atomic mass is 9.95.